The van der Waals surface area contributed by atoms with Crippen LogP contribution in [0, 0.1) is 0 Å². The fraction of sp³-hybridized carbons (Fsp3) is 0.182. The molecule has 0 aliphatic carbocycles. The summed E-state index contributed by atoms with van der Waals surface area (Å²) >= 11 is 0. The highest BCUT2D eigenvalue weighted by Crippen LogP contribution is 2.16. The van der Waals surface area contributed by atoms with Gasteiger partial charge in [-0.05, 0) is 24.3 Å². The zero-order chi connectivity index (χ0) is 9.80. The zero-order valence-electron chi connectivity index (χ0n) is 7.90. The molecule has 0 atom stereocenters. The molecule has 1 aromatic carbocycles. The van der Waals surface area contributed by atoms with Gasteiger partial charge in [0, 0.05) is 30.4 Å². The van der Waals surface area contributed by atoms with Crippen molar-refractivity contribution in [3.05, 3.63) is 36.5 Å². The number of benzene rings is 1. The highest BCUT2D eigenvalue weighted by atomic mass is 14.9. The lowest BCUT2D eigenvalue weighted by molar-refractivity contribution is 1.02. The van der Waals surface area contributed by atoms with E-state index >= 15 is 0 Å². The van der Waals surface area contributed by atoms with Crippen LogP contribution in [-0.2, 0) is 0 Å². The van der Waals surface area contributed by atoms with Crippen LogP contribution in [0.5, 0.6) is 0 Å². The molecule has 1 heterocycles. The summed E-state index contributed by atoms with van der Waals surface area (Å²) in [5.41, 5.74) is 7.53. The lowest BCUT2D eigenvalue weighted by Gasteiger charge is -2.05. The third-order valence-electron chi connectivity index (χ3n) is 2.08. The van der Waals surface area contributed by atoms with Gasteiger partial charge in [-0.15, -0.1) is 0 Å². The Hall–Kier alpha value is -1.61. The summed E-state index contributed by atoms with van der Waals surface area (Å²) in [6.07, 6.45) is 1.80. The Kier molecular flexibility index (Phi) is 2.60. The summed E-state index contributed by atoms with van der Waals surface area (Å²) in [7, 11) is 0. The minimum atomic E-state index is 0.644. The fourth-order valence-corrected chi connectivity index (χ4v) is 1.40. The number of pyridine rings is 1. The van der Waals surface area contributed by atoms with Crippen LogP contribution in [0.2, 0.25) is 0 Å². The molecular formula is C11H13N3. The molecule has 3 N–H and O–H groups in total. The average molecular weight is 187 g/mol. The normalized spacial score (nSPS) is 10.4. The molecule has 14 heavy (non-hydrogen) atoms. The summed E-state index contributed by atoms with van der Waals surface area (Å²) in [6, 6.07) is 10.1. The van der Waals surface area contributed by atoms with E-state index in [0.717, 1.165) is 23.1 Å². The van der Waals surface area contributed by atoms with Crippen LogP contribution < -0.4 is 11.1 Å². The molecule has 3 heteroatoms. The van der Waals surface area contributed by atoms with Gasteiger partial charge in [0.1, 0.15) is 0 Å². The number of hydrogen-bond acceptors (Lipinski definition) is 3. The van der Waals surface area contributed by atoms with Gasteiger partial charge in [-0.2, -0.15) is 0 Å². The van der Waals surface area contributed by atoms with Gasteiger partial charge in [0.05, 0.1) is 5.52 Å². The molecule has 0 aliphatic heterocycles. The quantitative estimate of drug-likeness (QED) is 0.767. The lowest BCUT2D eigenvalue weighted by atomic mass is 10.2. The maximum atomic E-state index is 5.41. The number of nitrogens with two attached hydrogens (primary N) is 1. The third kappa shape index (κ3) is 1.83. The first-order valence-electron chi connectivity index (χ1n) is 4.69. The van der Waals surface area contributed by atoms with Gasteiger partial charge in [-0.25, -0.2) is 0 Å². The molecule has 0 amide bonds. The van der Waals surface area contributed by atoms with Crippen LogP contribution in [0.1, 0.15) is 0 Å². The molecule has 0 spiro atoms. The Bertz CT molecular complexity index is 426. The minimum Gasteiger partial charge on any atom is -0.384 e. The Morgan fingerprint density at radius 3 is 3.07 bits per heavy atom. The minimum absolute atomic E-state index is 0.644. The number of nitrogens with one attached hydrogen (secondary N) is 1. The van der Waals surface area contributed by atoms with E-state index in [1.54, 1.807) is 6.20 Å². The Morgan fingerprint density at radius 1 is 1.29 bits per heavy atom. The maximum Gasteiger partial charge on any atom is 0.0703 e. The molecule has 0 saturated heterocycles. The van der Waals surface area contributed by atoms with E-state index in [2.05, 4.69) is 22.4 Å². The molecule has 0 aliphatic rings. The first-order valence-corrected chi connectivity index (χ1v) is 4.69. The van der Waals surface area contributed by atoms with Crippen molar-refractivity contribution in [1.29, 1.82) is 0 Å². The van der Waals surface area contributed by atoms with Gasteiger partial charge in [0.15, 0.2) is 0 Å². The van der Waals surface area contributed by atoms with Crippen molar-refractivity contribution >= 4 is 16.6 Å². The smallest absolute Gasteiger partial charge is 0.0703 e. The highest BCUT2D eigenvalue weighted by Gasteiger charge is 1.94. The van der Waals surface area contributed by atoms with E-state index < -0.39 is 0 Å². The molecule has 0 radical (unpaired) electrons. The molecule has 0 bridgehead atoms. The average Bonchev–Trinajstić information content (AvgIpc) is 2.26. The van der Waals surface area contributed by atoms with Gasteiger partial charge < -0.3 is 11.1 Å². The molecule has 0 fully saturated rings. The largest absolute Gasteiger partial charge is 0.384 e. The van der Waals surface area contributed by atoms with Crippen molar-refractivity contribution < 1.29 is 0 Å². The van der Waals surface area contributed by atoms with E-state index in [1.165, 1.54) is 0 Å². The Balaban J connectivity index is 2.32. The van der Waals surface area contributed by atoms with Crippen LogP contribution in [0.4, 0.5) is 5.69 Å². The van der Waals surface area contributed by atoms with Crippen molar-refractivity contribution in [3.8, 4) is 0 Å². The summed E-state index contributed by atoms with van der Waals surface area (Å²) in [6.45, 7) is 1.44. The molecule has 0 saturated carbocycles. The second kappa shape index (κ2) is 4.07. The standard InChI is InChI=1S/C11H13N3/c12-5-7-13-10-3-4-11-9(8-10)2-1-6-14-11/h1-4,6,8,13H,5,7,12H2. The predicted molar refractivity (Wildman–Crippen MR) is 59.3 cm³/mol. The lowest BCUT2D eigenvalue weighted by Crippen LogP contribution is -2.12. The van der Waals surface area contributed by atoms with Gasteiger partial charge in [-0.1, -0.05) is 6.07 Å². The molecule has 1 aromatic heterocycles. The Morgan fingerprint density at radius 2 is 2.21 bits per heavy atom. The van der Waals surface area contributed by atoms with Crippen molar-refractivity contribution in [2.75, 3.05) is 18.4 Å². The van der Waals surface area contributed by atoms with E-state index in [1.807, 2.05) is 18.2 Å². The summed E-state index contributed by atoms with van der Waals surface area (Å²) < 4.78 is 0. The van der Waals surface area contributed by atoms with Gasteiger partial charge in [0.25, 0.3) is 0 Å². The van der Waals surface area contributed by atoms with E-state index in [-0.39, 0.29) is 0 Å². The zero-order valence-corrected chi connectivity index (χ0v) is 7.90. The van der Waals surface area contributed by atoms with Gasteiger partial charge in [0.2, 0.25) is 0 Å². The number of rotatable bonds is 3. The summed E-state index contributed by atoms with van der Waals surface area (Å²) in [4.78, 5) is 4.25. The van der Waals surface area contributed by atoms with E-state index in [4.69, 9.17) is 5.73 Å². The van der Waals surface area contributed by atoms with Crippen molar-refractivity contribution in [2.24, 2.45) is 5.73 Å². The van der Waals surface area contributed by atoms with Crippen molar-refractivity contribution in [1.82, 2.24) is 4.98 Å². The SMILES string of the molecule is NCCNc1ccc2ncccc2c1. The van der Waals surface area contributed by atoms with Gasteiger partial charge in [-0.3, -0.25) is 4.98 Å². The van der Waals surface area contributed by atoms with Crippen molar-refractivity contribution in [3.63, 3.8) is 0 Å². The molecule has 3 nitrogen and oxygen atoms in total. The first-order chi connectivity index (χ1) is 6.90. The topological polar surface area (TPSA) is 50.9 Å². The van der Waals surface area contributed by atoms with Crippen LogP contribution >= 0.6 is 0 Å². The van der Waals surface area contributed by atoms with E-state index in [9.17, 15) is 0 Å². The highest BCUT2D eigenvalue weighted by molar-refractivity contribution is 5.82. The van der Waals surface area contributed by atoms with Gasteiger partial charge >= 0.3 is 0 Å². The predicted octanol–water partition coefficient (Wildman–Crippen LogP) is 1.61. The summed E-state index contributed by atoms with van der Waals surface area (Å²) in [5.74, 6) is 0. The second-order valence-electron chi connectivity index (χ2n) is 3.13. The molecule has 72 valence electrons. The summed E-state index contributed by atoms with van der Waals surface area (Å²) in [5, 5.41) is 4.38. The van der Waals surface area contributed by atoms with E-state index in [0.29, 0.717) is 6.54 Å². The van der Waals surface area contributed by atoms with Crippen LogP contribution in [0.25, 0.3) is 10.9 Å². The number of fused-ring (bicyclic) bond motifs is 1. The van der Waals surface area contributed by atoms with Crippen molar-refractivity contribution in [2.45, 2.75) is 0 Å². The maximum absolute atomic E-state index is 5.41. The molecule has 2 aromatic rings. The van der Waals surface area contributed by atoms with Crippen LogP contribution in [-0.4, -0.2) is 18.1 Å². The molecule has 0 unspecified atom stereocenters. The number of nitrogens with zero attached hydrogens (tertiary/aromatic N) is 1. The molecule has 2 rings (SSSR count). The fourth-order valence-electron chi connectivity index (χ4n) is 1.40. The third-order valence-corrected chi connectivity index (χ3v) is 2.08. The van der Waals surface area contributed by atoms with Crippen LogP contribution in [0.15, 0.2) is 36.5 Å². The number of aromatic nitrogens is 1. The monoisotopic (exact) mass is 187 g/mol. The number of anilines is 1. The first kappa shape index (κ1) is 8.97. The number of hydrogen-bond donors (Lipinski definition) is 2. The van der Waals surface area contributed by atoms with Crippen LogP contribution in [0.3, 0.4) is 0 Å². The molecular weight excluding hydrogens is 174 g/mol. The second-order valence-corrected chi connectivity index (χ2v) is 3.13. The Labute approximate surface area is 83.0 Å².